The Labute approximate surface area is 125 Å². The quantitative estimate of drug-likeness (QED) is 0.937. The fourth-order valence-corrected chi connectivity index (χ4v) is 2.28. The topological polar surface area (TPSA) is 70.7 Å². The maximum atomic E-state index is 11.8. The molecule has 102 valence electrons. The zero-order valence-corrected chi connectivity index (χ0v) is 12.7. The summed E-state index contributed by atoms with van der Waals surface area (Å²) in [6, 6.07) is 9.41. The molecule has 1 aromatic heterocycles. The third-order valence-corrected chi connectivity index (χ3v) is 3.73. The number of hydrogen-bond acceptors (Lipinski definition) is 4. The van der Waals surface area contributed by atoms with E-state index in [0.29, 0.717) is 15.7 Å². The lowest BCUT2D eigenvalue weighted by Gasteiger charge is -2.16. The van der Waals surface area contributed by atoms with Gasteiger partial charge in [0.25, 0.3) is 5.56 Å². The second-order valence-electron chi connectivity index (χ2n) is 4.40. The summed E-state index contributed by atoms with van der Waals surface area (Å²) in [4.78, 5) is 11.8. The molecule has 6 heteroatoms. The SMILES string of the molecule is CC(Nc1cnn(C)c(=O)c1Br)c1cccc(C#N)c1. The predicted octanol–water partition coefficient (Wildman–Crippen LogP) is 2.59. The Kier molecular flexibility index (Phi) is 4.20. The fraction of sp³-hybridized carbons (Fsp3) is 0.214. The first kappa shape index (κ1) is 14.3. The van der Waals surface area contributed by atoms with Crippen molar-refractivity contribution in [2.45, 2.75) is 13.0 Å². The lowest BCUT2D eigenvalue weighted by Crippen LogP contribution is -2.22. The molecule has 0 saturated carbocycles. The second-order valence-corrected chi connectivity index (χ2v) is 5.20. The molecule has 0 aliphatic rings. The van der Waals surface area contributed by atoms with Gasteiger partial charge in [0.15, 0.2) is 0 Å². The van der Waals surface area contributed by atoms with Crippen molar-refractivity contribution in [1.29, 1.82) is 5.26 Å². The van der Waals surface area contributed by atoms with Crippen LogP contribution in [0.2, 0.25) is 0 Å². The molecule has 5 nitrogen and oxygen atoms in total. The van der Waals surface area contributed by atoms with E-state index >= 15 is 0 Å². The molecule has 0 bridgehead atoms. The Hall–Kier alpha value is -2.13. The van der Waals surface area contributed by atoms with Crippen molar-refractivity contribution in [2.24, 2.45) is 7.05 Å². The van der Waals surface area contributed by atoms with E-state index in [1.54, 1.807) is 19.3 Å². The molecule has 1 atom stereocenters. The van der Waals surface area contributed by atoms with Crippen LogP contribution in [0.1, 0.15) is 24.1 Å². The van der Waals surface area contributed by atoms with Gasteiger partial charge >= 0.3 is 0 Å². The molecule has 1 heterocycles. The predicted molar refractivity (Wildman–Crippen MR) is 80.4 cm³/mol. The Morgan fingerprint density at radius 2 is 2.25 bits per heavy atom. The first-order chi connectivity index (χ1) is 9.52. The standard InChI is InChI=1S/C14H13BrN4O/c1-9(11-5-3-4-10(6-11)7-16)18-12-8-17-19(2)14(20)13(12)15/h3-6,8-9,18H,1-2H3. The molecular formula is C14H13BrN4O. The van der Waals surface area contributed by atoms with Gasteiger partial charge in [-0.2, -0.15) is 10.4 Å². The van der Waals surface area contributed by atoms with Gasteiger partial charge < -0.3 is 5.32 Å². The number of nitriles is 1. The highest BCUT2D eigenvalue weighted by Gasteiger charge is 2.11. The minimum absolute atomic E-state index is 0.0477. The third-order valence-electron chi connectivity index (χ3n) is 2.97. The Bertz CT molecular complexity index is 733. The van der Waals surface area contributed by atoms with Crippen molar-refractivity contribution in [2.75, 3.05) is 5.32 Å². The molecule has 0 fully saturated rings. The summed E-state index contributed by atoms with van der Waals surface area (Å²) in [6.45, 7) is 1.96. The number of aryl methyl sites for hydroxylation is 1. The van der Waals surface area contributed by atoms with E-state index in [9.17, 15) is 4.79 Å². The van der Waals surface area contributed by atoms with Gasteiger partial charge in [-0.3, -0.25) is 4.79 Å². The molecule has 0 spiro atoms. The first-order valence-electron chi connectivity index (χ1n) is 6.01. The normalized spacial score (nSPS) is 11.7. The van der Waals surface area contributed by atoms with Gasteiger partial charge in [-0.15, -0.1) is 0 Å². The number of nitrogens with one attached hydrogen (secondary N) is 1. The molecule has 0 radical (unpaired) electrons. The van der Waals surface area contributed by atoms with Gasteiger partial charge in [-0.25, -0.2) is 4.68 Å². The Morgan fingerprint density at radius 3 is 2.95 bits per heavy atom. The van der Waals surface area contributed by atoms with Gasteiger partial charge in [-0.05, 0) is 40.5 Å². The molecule has 0 aliphatic carbocycles. The van der Waals surface area contributed by atoms with Crippen molar-refractivity contribution >= 4 is 21.6 Å². The number of anilines is 1. The van der Waals surface area contributed by atoms with Crippen LogP contribution < -0.4 is 10.9 Å². The minimum Gasteiger partial charge on any atom is -0.376 e. The van der Waals surface area contributed by atoms with E-state index in [0.717, 1.165) is 5.56 Å². The van der Waals surface area contributed by atoms with E-state index in [2.05, 4.69) is 32.4 Å². The highest BCUT2D eigenvalue weighted by atomic mass is 79.9. The molecule has 1 unspecified atom stereocenters. The smallest absolute Gasteiger partial charge is 0.282 e. The number of halogens is 1. The molecule has 1 N–H and O–H groups in total. The van der Waals surface area contributed by atoms with Crippen LogP contribution in [0.4, 0.5) is 5.69 Å². The van der Waals surface area contributed by atoms with E-state index in [-0.39, 0.29) is 11.6 Å². The van der Waals surface area contributed by atoms with Crippen LogP contribution in [-0.4, -0.2) is 9.78 Å². The van der Waals surface area contributed by atoms with Crippen molar-refractivity contribution in [3.05, 3.63) is 56.4 Å². The van der Waals surface area contributed by atoms with Crippen molar-refractivity contribution in [1.82, 2.24) is 9.78 Å². The van der Waals surface area contributed by atoms with Crippen molar-refractivity contribution < 1.29 is 0 Å². The summed E-state index contributed by atoms with van der Waals surface area (Å²) < 4.78 is 1.70. The van der Waals surface area contributed by atoms with Gasteiger partial charge in [0.2, 0.25) is 0 Å². The molecule has 1 aromatic carbocycles. The monoisotopic (exact) mass is 332 g/mol. The van der Waals surface area contributed by atoms with Crippen LogP contribution in [0.3, 0.4) is 0 Å². The van der Waals surface area contributed by atoms with Crippen molar-refractivity contribution in [3.63, 3.8) is 0 Å². The van der Waals surface area contributed by atoms with E-state index < -0.39 is 0 Å². The van der Waals surface area contributed by atoms with E-state index in [1.807, 2.05) is 25.1 Å². The molecule has 20 heavy (non-hydrogen) atoms. The maximum Gasteiger partial charge on any atom is 0.282 e. The molecule has 0 aliphatic heterocycles. The second kappa shape index (κ2) is 5.88. The number of nitrogens with zero attached hydrogens (tertiary/aromatic N) is 3. The largest absolute Gasteiger partial charge is 0.376 e. The zero-order valence-electron chi connectivity index (χ0n) is 11.1. The lowest BCUT2D eigenvalue weighted by atomic mass is 10.1. The Morgan fingerprint density at radius 1 is 1.50 bits per heavy atom. The van der Waals surface area contributed by atoms with E-state index in [1.165, 1.54) is 4.68 Å². The maximum absolute atomic E-state index is 11.8. The summed E-state index contributed by atoms with van der Waals surface area (Å²) in [7, 11) is 1.59. The van der Waals surface area contributed by atoms with Crippen LogP contribution >= 0.6 is 15.9 Å². The van der Waals surface area contributed by atoms with Crippen molar-refractivity contribution in [3.8, 4) is 6.07 Å². The van der Waals surface area contributed by atoms with Crippen LogP contribution in [0, 0.1) is 11.3 Å². The fourth-order valence-electron chi connectivity index (χ4n) is 1.81. The summed E-state index contributed by atoms with van der Waals surface area (Å²) in [5.74, 6) is 0. The lowest BCUT2D eigenvalue weighted by molar-refractivity contribution is 0.701. The molecule has 0 saturated heterocycles. The minimum atomic E-state index is -0.201. The Balaban J connectivity index is 2.28. The first-order valence-corrected chi connectivity index (χ1v) is 6.80. The number of benzene rings is 1. The van der Waals surface area contributed by atoms with E-state index in [4.69, 9.17) is 5.26 Å². The van der Waals surface area contributed by atoms with Gasteiger partial charge in [0.05, 0.1) is 23.5 Å². The summed E-state index contributed by atoms with van der Waals surface area (Å²) in [5.41, 5.74) is 2.00. The molecular weight excluding hydrogens is 320 g/mol. The zero-order chi connectivity index (χ0) is 14.7. The van der Waals surface area contributed by atoms with Crippen LogP contribution in [0.25, 0.3) is 0 Å². The highest BCUT2D eigenvalue weighted by molar-refractivity contribution is 9.10. The average Bonchev–Trinajstić information content (AvgIpc) is 2.48. The van der Waals surface area contributed by atoms with Gasteiger partial charge in [0.1, 0.15) is 4.47 Å². The summed E-state index contributed by atoms with van der Waals surface area (Å²) >= 11 is 3.27. The number of rotatable bonds is 3. The molecule has 2 rings (SSSR count). The molecule has 2 aromatic rings. The summed E-state index contributed by atoms with van der Waals surface area (Å²) in [6.07, 6.45) is 1.59. The molecule has 0 amide bonds. The van der Waals surface area contributed by atoms with Crippen LogP contribution in [0.15, 0.2) is 39.7 Å². The van der Waals surface area contributed by atoms with Gasteiger partial charge in [-0.1, -0.05) is 12.1 Å². The average molecular weight is 333 g/mol. The number of aromatic nitrogens is 2. The highest BCUT2D eigenvalue weighted by Crippen LogP contribution is 2.23. The number of hydrogen-bond donors (Lipinski definition) is 1. The van der Waals surface area contributed by atoms with Crippen LogP contribution in [-0.2, 0) is 7.05 Å². The van der Waals surface area contributed by atoms with Crippen LogP contribution in [0.5, 0.6) is 0 Å². The summed E-state index contributed by atoms with van der Waals surface area (Å²) in [5, 5.41) is 16.1. The van der Waals surface area contributed by atoms with Gasteiger partial charge in [0, 0.05) is 13.1 Å². The third kappa shape index (κ3) is 2.89.